The molecule has 1 aromatic carbocycles. The lowest BCUT2D eigenvalue weighted by molar-refractivity contribution is -0.146. The monoisotopic (exact) mass is 479 g/mol. The second-order valence-electron chi connectivity index (χ2n) is 8.55. The minimum absolute atomic E-state index is 0.0393. The summed E-state index contributed by atoms with van der Waals surface area (Å²) in [6.07, 6.45) is 3.82. The van der Waals surface area contributed by atoms with Crippen molar-refractivity contribution < 1.29 is 19.8 Å². The zero-order valence-electron chi connectivity index (χ0n) is 19.1. The van der Waals surface area contributed by atoms with Crippen molar-refractivity contribution in [1.82, 2.24) is 15.4 Å². The summed E-state index contributed by atoms with van der Waals surface area (Å²) in [5.74, 6) is 5.86. The molecule has 1 fully saturated rings. The van der Waals surface area contributed by atoms with Gasteiger partial charge in [-0.05, 0) is 73.0 Å². The van der Waals surface area contributed by atoms with Gasteiger partial charge < -0.3 is 15.1 Å². The summed E-state index contributed by atoms with van der Waals surface area (Å²) in [5, 5.41) is 22.7. The van der Waals surface area contributed by atoms with E-state index < -0.39 is 11.9 Å². The number of thiophene rings is 1. The largest absolute Gasteiger partial charge is 0.497 e. The van der Waals surface area contributed by atoms with Crippen LogP contribution in [0.1, 0.15) is 35.7 Å². The number of pyridine rings is 1. The lowest BCUT2D eigenvalue weighted by atomic mass is 9.81. The molecule has 3 heterocycles. The molecule has 1 aliphatic heterocycles. The Morgan fingerprint density at radius 1 is 1.38 bits per heavy atom. The van der Waals surface area contributed by atoms with Gasteiger partial charge in [0.1, 0.15) is 5.75 Å². The number of hydrogen-bond donors (Lipinski definition) is 3. The van der Waals surface area contributed by atoms with Gasteiger partial charge in [-0.1, -0.05) is 17.9 Å². The van der Waals surface area contributed by atoms with Crippen LogP contribution < -0.4 is 10.2 Å². The third-order valence-electron chi connectivity index (χ3n) is 6.53. The van der Waals surface area contributed by atoms with Crippen LogP contribution in [0.2, 0.25) is 0 Å². The number of carbonyl (C=O) groups is 1. The first-order valence-electron chi connectivity index (χ1n) is 11.4. The topological polar surface area (TPSA) is 94.9 Å². The highest BCUT2D eigenvalue weighted by atomic mass is 32.1. The van der Waals surface area contributed by atoms with E-state index in [1.54, 1.807) is 24.6 Å². The summed E-state index contributed by atoms with van der Waals surface area (Å²) < 4.78 is 5.36. The number of rotatable bonds is 8. The van der Waals surface area contributed by atoms with Gasteiger partial charge in [-0.2, -0.15) is 5.48 Å². The molecule has 0 saturated carbocycles. The van der Waals surface area contributed by atoms with Gasteiger partial charge in [-0.25, -0.2) is 0 Å². The van der Waals surface area contributed by atoms with Crippen LogP contribution in [0, 0.1) is 23.7 Å². The van der Waals surface area contributed by atoms with Gasteiger partial charge in [-0.3, -0.25) is 14.7 Å². The van der Waals surface area contributed by atoms with Crippen molar-refractivity contribution in [3.8, 4) is 17.6 Å². The number of aromatic nitrogens is 1. The predicted octanol–water partition coefficient (Wildman–Crippen LogP) is 4.18. The third-order valence-corrected chi connectivity index (χ3v) is 7.32. The number of carboxylic acids is 1. The molecule has 0 radical (unpaired) electrons. The number of nitrogens with zero attached hydrogens (tertiary/aromatic N) is 2. The van der Waals surface area contributed by atoms with E-state index in [1.807, 2.05) is 41.8 Å². The molecule has 4 rings (SSSR count). The maximum Gasteiger partial charge on any atom is 0.308 e. The first-order valence-corrected chi connectivity index (χ1v) is 12.3. The molecule has 0 unspecified atom stereocenters. The maximum atomic E-state index is 12.1. The van der Waals surface area contributed by atoms with Crippen LogP contribution in [0.3, 0.4) is 0 Å². The molecular weight excluding hydrogens is 450 g/mol. The second-order valence-corrected chi connectivity index (χ2v) is 9.50. The smallest absolute Gasteiger partial charge is 0.308 e. The summed E-state index contributed by atoms with van der Waals surface area (Å²) in [6.45, 7) is 1.88. The summed E-state index contributed by atoms with van der Waals surface area (Å²) in [5.41, 5.74) is 4.17. The Bertz CT molecular complexity index is 1170. The third kappa shape index (κ3) is 5.75. The van der Waals surface area contributed by atoms with Crippen molar-refractivity contribution in [2.75, 3.05) is 26.7 Å². The van der Waals surface area contributed by atoms with E-state index in [2.05, 4.69) is 27.2 Å². The van der Waals surface area contributed by atoms with Gasteiger partial charge in [0.2, 0.25) is 0 Å². The van der Waals surface area contributed by atoms with Crippen molar-refractivity contribution in [1.29, 1.82) is 0 Å². The Kier molecular flexibility index (Phi) is 8.14. The zero-order chi connectivity index (χ0) is 23.9. The average molecular weight is 480 g/mol. The second kappa shape index (κ2) is 11.4. The first kappa shape index (κ1) is 24.2. The highest BCUT2D eigenvalue weighted by Gasteiger charge is 2.34. The molecule has 0 spiro atoms. The van der Waals surface area contributed by atoms with Gasteiger partial charge in [0.15, 0.2) is 0 Å². The molecule has 8 heteroatoms. The highest BCUT2D eigenvalue weighted by Crippen LogP contribution is 2.33. The maximum absolute atomic E-state index is 12.1. The van der Waals surface area contributed by atoms with Crippen LogP contribution in [0.4, 0.5) is 0 Å². The molecule has 1 saturated heterocycles. The lowest BCUT2D eigenvalue weighted by Crippen LogP contribution is -2.44. The number of carboxylic acid groups (broad SMARTS) is 1. The SMILES string of the molecule is COc1ccc2nccc([C@@H](CC[C@@H]3CCN(CC#Cc4cccs4)C[C@@H]3C(=O)O)NO)c2c1. The lowest BCUT2D eigenvalue weighted by Gasteiger charge is -2.36. The zero-order valence-corrected chi connectivity index (χ0v) is 19.9. The number of nitrogens with one attached hydrogen (secondary N) is 1. The van der Waals surface area contributed by atoms with Crippen molar-refractivity contribution >= 4 is 28.2 Å². The van der Waals surface area contributed by atoms with E-state index in [-0.39, 0.29) is 12.0 Å². The van der Waals surface area contributed by atoms with Crippen molar-refractivity contribution in [2.45, 2.75) is 25.3 Å². The Morgan fingerprint density at radius 2 is 2.26 bits per heavy atom. The molecule has 0 bridgehead atoms. The van der Waals surface area contributed by atoms with Crippen molar-refractivity contribution in [2.24, 2.45) is 11.8 Å². The number of fused-ring (bicyclic) bond motifs is 1. The van der Waals surface area contributed by atoms with Gasteiger partial charge in [0.25, 0.3) is 0 Å². The Labute approximate surface area is 203 Å². The fourth-order valence-electron chi connectivity index (χ4n) is 4.67. The van der Waals surface area contributed by atoms with Crippen LogP contribution in [-0.4, -0.2) is 52.9 Å². The van der Waals surface area contributed by atoms with Gasteiger partial charge in [0.05, 0.1) is 36.0 Å². The quantitative estimate of drug-likeness (QED) is 0.330. The fraction of sp³-hybridized carbons (Fsp3) is 0.385. The van der Waals surface area contributed by atoms with Crippen LogP contribution >= 0.6 is 11.3 Å². The van der Waals surface area contributed by atoms with Gasteiger partial charge >= 0.3 is 5.97 Å². The van der Waals surface area contributed by atoms with Crippen LogP contribution in [-0.2, 0) is 4.79 Å². The summed E-state index contributed by atoms with van der Waals surface area (Å²) in [4.78, 5) is 19.6. The summed E-state index contributed by atoms with van der Waals surface area (Å²) in [7, 11) is 1.62. The number of methoxy groups -OCH3 is 1. The number of likely N-dealkylation sites (tertiary alicyclic amines) is 1. The number of ether oxygens (including phenoxy) is 1. The predicted molar refractivity (Wildman–Crippen MR) is 132 cm³/mol. The Hall–Kier alpha value is -2.96. The van der Waals surface area contributed by atoms with Crippen LogP contribution in [0.15, 0.2) is 48.0 Å². The molecule has 2 aromatic heterocycles. The molecule has 3 N–H and O–H groups in total. The standard InChI is InChI=1S/C26H29N3O4S/c1-33-19-7-9-24-22(16-19)21(10-12-27-24)25(28-32)8-6-18-11-14-29(17-23(18)26(30)31)13-2-4-20-5-3-15-34-20/h3,5,7,9-10,12,15-16,18,23,25,28,32H,6,8,11,13-14,17H2,1H3,(H,30,31)/t18-,23+,25-/m1/s1. The van der Waals surface area contributed by atoms with E-state index in [1.165, 1.54) is 0 Å². The molecule has 178 valence electrons. The fourth-order valence-corrected chi connectivity index (χ4v) is 5.26. The molecule has 0 amide bonds. The minimum atomic E-state index is -0.770. The number of hydroxylamine groups is 1. The van der Waals surface area contributed by atoms with Crippen LogP contribution in [0.25, 0.3) is 10.9 Å². The molecule has 3 atom stereocenters. The normalized spacial score (nSPS) is 19.4. The van der Waals surface area contributed by atoms with Crippen molar-refractivity contribution in [3.05, 3.63) is 58.4 Å². The minimum Gasteiger partial charge on any atom is -0.497 e. The van der Waals surface area contributed by atoms with E-state index in [4.69, 9.17) is 4.74 Å². The molecule has 3 aromatic rings. The number of aliphatic carboxylic acids is 1. The van der Waals surface area contributed by atoms with Crippen molar-refractivity contribution in [3.63, 3.8) is 0 Å². The van der Waals surface area contributed by atoms with E-state index in [0.717, 1.165) is 40.1 Å². The summed E-state index contributed by atoms with van der Waals surface area (Å²) >= 11 is 1.60. The highest BCUT2D eigenvalue weighted by molar-refractivity contribution is 7.10. The number of hydrogen-bond acceptors (Lipinski definition) is 7. The van der Waals surface area contributed by atoms with Gasteiger partial charge in [0, 0.05) is 18.1 Å². The van der Waals surface area contributed by atoms with E-state index in [0.29, 0.717) is 25.9 Å². The molecule has 0 aliphatic carbocycles. The average Bonchev–Trinajstić information content (AvgIpc) is 3.38. The molecular formula is C26H29N3O4S. The Morgan fingerprint density at radius 3 is 3.00 bits per heavy atom. The van der Waals surface area contributed by atoms with Crippen LogP contribution in [0.5, 0.6) is 5.75 Å². The Balaban J connectivity index is 1.41. The van der Waals surface area contributed by atoms with E-state index >= 15 is 0 Å². The molecule has 1 aliphatic rings. The molecule has 34 heavy (non-hydrogen) atoms. The van der Waals surface area contributed by atoms with Gasteiger partial charge in [-0.15, -0.1) is 11.3 Å². The number of benzene rings is 1. The summed E-state index contributed by atoms with van der Waals surface area (Å²) in [6, 6.07) is 11.2. The number of piperidine rings is 1. The molecule has 7 nitrogen and oxygen atoms in total. The van der Waals surface area contributed by atoms with E-state index in [9.17, 15) is 15.1 Å². The first-order chi connectivity index (χ1) is 16.6.